The van der Waals surface area contributed by atoms with Gasteiger partial charge in [0.05, 0.1) is 25.4 Å². The van der Waals surface area contributed by atoms with E-state index in [4.69, 9.17) is 9.47 Å². The Morgan fingerprint density at radius 1 is 0.759 bits per heavy atom. The van der Waals surface area contributed by atoms with Crippen LogP contribution >= 0.6 is 0 Å². The van der Waals surface area contributed by atoms with Gasteiger partial charge in [0, 0.05) is 0 Å². The molecule has 0 bridgehead atoms. The van der Waals surface area contributed by atoms with E-state index in [1.54, 1.807) is 6.08 Å². The minimum absolute atomic E-state index is 0.583. The molecule has 2 aromatic carbocycles. The van der Waals surface area contributed by atoms with Crippen molar-refractivity contribution in [3.8, 4) is 0 Å². The van der Waals surface area contributed by atoms with Gasteiger partial charge in [-0.05, 0) is 31.9 Å². The quantitative estimate of drug-likeness (QED) is 0.407. The molecule has 2 fully saturated rings. The fourth-order valence-electron chi connectivity index (χ4n) is 1.37. The fraction of sp³-hybridized carbons (Fsp3) is 0.259. The van der Waals surface area contributed by atoms with Crippen LogP contribution in [0.4, 0.5) is 0 Å². The molecule has 0 amide bonds. The third-order valence-corrected chi connectivity index (χ3v) is 3.42. The molecule has 156 valence electrons. The Morgan fingerprint density at radius 2 is 1.00 bits per heavy atom. The molecule has 2 aliphatic heterocycles. The van der Waals surface area contributed by atoms with Gasteiger partial charge in [-0.1, -0.05) is 111 Å². The Balaban J connectivity index is 0.000000350. The average molecular weight is 393 g/mol. The standard InChI is InChI=1S/2C8H8.C5H8.2C3H6O/c2*1-2-8-6-4-3-5-7-8;1-4-5(2)3;2*1-3-2-4-3/h2*2-7H,1H2;4H,1-2H2,3H3;2*3H,2H2,1H3. The zero-order valence-electron chi connectivity index (χ0n) is 18.2. The molecule has 0 spiro atoms. The van der Waals surface area contributed by atoms with Crippen LogP contribution in [0.2, 0.25) is 0 Å². The lowest BCUT2D eigenvalue weighted by molar-refractivity contribution is 0.423. The first kappa shape index (κ1) is 26.3. The van der Waals surface area contributed by atoms with Crippen LogP contribution in [-0.2, 0) is 9.47 Å². The molecule has 0 aliphatic carbocycles. The molecule has 29 heavy (non-hydrogen) atoms. The van der Waals surface area contributed by atoms with Crippen LogP contribution < -0.4 is 0 Å². The highest BCUT2D eigenvalue weighted by Gasteiger charge is 2.13. The highest BCUT2D eigenvalue weighted by molar-refractivity contribution is 5.46. The summed E-state index contributed by atoms with van der Waals surface area (Å²) in [5.41, 5.74) is 3.37. The number of benzene rings is 2. The summed E-state index contributed by atoms with van der Waals surface area (Å²) >= 11 is 0. The van der Waals surface area contributed by atoms with E-state index in [1.165, 1.54) is 11.1 Å². The zero-order chi connectivity index (χ0) is 21.9. The van der Waals surface area contributed by atoms with Gasteiger partial charge in [0.1, 0.15) is 0 Å². The summed E-state index contributed by atoms with van der Waals surface area (Å²) in [5, 5.41) is 0. The number of allylic oxidation sites excluding steroid dienone is 2. The van der Waals surface area contributed by atoms with Crippen molar-refractivity contribution in [3.63, 3.8) is 0 Å². The van der Waals surface area contributed by atoms with E-state index in [0.29, 0.717) is 12.2 Å². The van der Waals surface area contributed by atoms with Gasteiger partial charge >= 0.3 is 0 Å². The fourth-order valence-corrected chi connectivity index (χ4v) is 1.37. The van der Waals surface area contributed by atoms with E-state index in [0.717, 1.165) is 18.8 Å². The van der Waals surface area contributed by atoms with E-state index < -0.39 is 0 Å². The van der Waals surface area contributed by atoms with Gasteiger partial charge in [0.2, 0.25) is 0 Å². The summed E-state index contributed by atoms with van der Waals surface area (Å²) in [6.07, 6.45) is 6.56. The molecule has 0 N–H and O–H groups in total. The Hall–Kier alpha value is -2.68. The topological polar surface area (TPSA) is 25.1 Å². The first-order valence-electron chi connectivity index (χ1n) is 9.79. The molecule has 0 radical (unpaired) electrons. The van der Waals surface area contributed by atoms with Gasteiger partial charge < -0.3 is 9.47 Å². The Bertz CT molecular complexity index is 627. The molecule has 2 atom stereocenters. The van der Waals surface area contributed by atoms with Crippen LogP contribution in [0, 0.1) is 0 Å². The highest BCUT2D eigenvalue weighted by Crippen LogP contribution is 2.04. The van der Waals surface area contributed by atoms with Gasteiger partial charge in [-0.15, -0.1) is 0 Å². The summed E-state index contributed by atoms with van der Waals surface area (Å²) in [6, 6.07) is 20.1. The summed E-state index contributed by atoms with van der Waals surface area (Å²) < 4.78 is 9.42. The van der Waals surface area contributed by atoms with Gasteiger partial charge in [0.15, 0.2) is 0 Å². The molecule has 2 saturated heterocycles. The predicted octanol–water partition coefficient (Wildman–Crippen LogP) is 7.22. The first-order chi connectivity index (χ1) is 13.9. The van der Waals surface area contributed by atoms with Gasteiger partial charge in [-0.2, -0.15) is 0 Å². The number of epoxide rings is 2. The summed E-state index contributed by atoms with van der Waals surface area (Å²) in [7, 11) is 0. The number of hydrogen-bond acceptors (Lipinski definition) is 2. The Morgan fingerprint density at radius 3 is 1.10 bits per heavy atom. The second-order valence-electron chi connectivity index (χ2n) is 6.57. The Kier molecular flexibility index (Phi) is 15.8. The molecule has 2 aromatic rings. The third kappa shape index (κ3) is 21.5. The van der Waals surface area contributed by atoms with Crippen molar-refractivity contribution in [1.29, 1.82) is 0 Å². The van der Waals surface area contributed by atoms with Crippen LogP contribution in [0.15, 0.2) is 98.6 Å². The maximum Gasteiger partial charge on any atom is 0.0781 e. The normalized spacial score (nSPS) is 16.8. The maximum absolute atomic E-state index is 4.71. The smallest absolute Gasteiger partial charge is 0.0781 e. The van der Waals surface area contributed by atoms with E-state index in [2.05, 4.69) is 40.2 Å². The lowest BCUT2D eigenvalue weighted by atomic mass is 10.2. The molecular formula is C27H36O2. The molecular weight excluding hydrogens is 356 g/mol. The zero-order valence-corrected chi connectivity index (χ0v) is 18.2. The van der Waals surface area contributed by atoms with Crippen molar-refractivity contribution in [3.05, 3.63) is 110 Å². The molecule has 0 saturated carbocycles. The average Bonchev–Trinajstić information content (AvgIpc) is 3.71. The second kappa shape index (κ2) is 17.4. The van der Waals surface area contributed by atoms with Crippen LogP contribution in [0.5, 0.6) is 0 Å². The van der Waals surface area contributed by atoms with Crippen LogP contribution in [0.3, 0.4) is 0 Å². The molecule has 4 rings (SSSR count). The van der Waals surface area contributed by atoms with Crippen molar-refractivity contribution in [2.45, 2.75) is 33.0 Å². The molecule has 2 heterocycles. The van der Waals surface area contributed by atoms with Crippen molar-refractivity contribution in [1.82, 2.24) is 0 Å². The van der Waals surface area contributed by atoms with Crippen molar-refractivity contribution in [2.75, 3.05) is 13.2 Å². The second-order valence-corrected chi connectivity index (χ2v) is 6.57. The molecule has 2 unspecified atom stereocenters. The lowest BCUT2D eigenvalue weighted by Gasteiger charge is -1.85. The monoisotopic (exact) mass is 392 g/mol. The summed E-state index contributed by atoms with van der Waals surface area (Å²) in [5.74, 6) is 0. The minimum Gasteiger partial charge on any atom is -0.373 e. The number of hydrogen-bond donors (Lipinski definition) is 0. The largest absolute Gasteiger partial charge is 0.373 e. The molecule has 2 aliphatic rings. The van der Waals surface area contributed by atoms with Gasteiger partial charge in [-0.3, -0.25) is 0 Å². The summed E-state index contributed by atoms with van der Waals surface area (Å²) in [6.45, 7) is 22.3. The van der Waals surface area contributed by atoms with Crippen LogP contribution in [0.1, 0.15) is 31.9 Å². The predicted molar refractivity (Wildman–Crippen MR) is 129 cm³/mol. The van der Waals surface area contributed by atoms with Crippen LogP contribution in [-0.4, -0.2) is 25.4 Å². The Labute approximate surface area is 177 Å². The lowest BCUT2D eigenvalue weighted by Crippen LogP contribution is -1.63. The minimum atomic E-state index is 0.583. The van der Waals surface area contributed by atoms with Gasteiger partial charge in [-0.25, -0.2) is 0 Å². The van der Waals surface area contributed by atoms with E-state index >= 15 is 0 Å². The van der Waals surface area contributed by atoms with E-state index in [-0.39, 0.29) is 0 Å². The van der Waals surface area contributed by atoms with E-state index in [1.807, 2.05) is 79.7 Å². The number of rotatable bonds is 3. The van der Waals surface area contributed by atoms with E-state index in [9.17, 15) is 0 Å². The molecule has 2 nitrogen and oxygen atoms in total. The SMILES string of the molecule is C=CC(=C)C.C=Cc1ccccc1.C=Cc1ccccc1.CC1CO1.CC1CO1. The van der Waals surface area contributed by atoms with Crippen molar-refractivity contribution >= 4 is 12.2 Å². The third-order valence-electron chi connectivity index (χ3n) is 3.42. The molecule has 2 heteroatoms. The molecule has 0 aromatic heterocycles. The first-order valence-corrected chi connectivity index (χ1v) is 9.79. The number of ether oxygens (including phenoxy) is 2. The van der Waals surface area contributed by atoms with Crippen LogP contribution in [0.25, 0.3) is 12.2 Å². The van der Waals surface area contributed by atoms with Gasteiger partial charge in [0.25, 0.3) is 0 Å². The maximum atomic E-state index is 4.71. The highest BCUT2D eigenvalue weighted by atomic mass is 16.6. The van der Waals surface area contributed by atoms with Crippen molar-refractivity contribution in [2.24, 2.45) is 0 Å². The summed E-state index contributed by atoms with van der Waals surface area (Å²) in [4.78, 5) is 0. The van der Waals surface area contributed by atoms with Crippen molar-refractivity contribution < 1.29 is 9.47 Å².